The molecule has 1 aliphatic carbocycles. The summed E-state index contributed by atoms with van der Waals surface area (Å²) in [5.74, 6) is 0.493. The highest BCUT2D eigenvalue weighted by atomic mass is 16.5. The van der Waals surface area contributed by atoms with E-state index in [0.717, 1.165) is 41.5 Å². The molecule has 1 atom stereocenters. The summed E-state index contributed by atoms with van der Waals surface area (Å²) < 4.78 is 16.6. The van der Waals surface area contributed by atoms with Gasteiger partial charge in [0.25, 0.3) is 5.91 Å². The Labute approximate surface area is 180 Å². The monoisotopic (exact) mass is 422 g/mol. The Morgan fingerprint density at radius 3 is 2.52 bits per heavy atom. The van der Waals surface area contributed by atoms with Crippen molar-refractivity contribution in [2.24, 2.45) is 0 Å². The first-order valence-electron chi connectivity index (χ1n) is 10.5. The van der Waals surface area contributed by atoms with Crippen LogP contribution in [0.5, 0.6) is 11.5 Å². The van der Waals surface area contributed by atoms with Gasteiger partial charge in [-0.25, -0.2) is 0 Å². The van der Waals surface area contributed by atoms with Crippen LogP contribution in [0.3, 0.4) is 0 Å². The lowest BCUT2D eigenvalue weighted by Gasteiger charge is -2.15. The third-order valence-electron chi connectivity index (χ3n) is 5.36. The maximum atomic E-state index is 12.4. The SMILES string of the molecule is CCOc1ccc(OC(C)C(=O)NNC(=O)Cc2coc3cc4c(cc23)CCC4)cc1. The van der Waals surface area contributed by atoms with Crippen LogP contribution in [0.2, 0.25) is 0 Å². The Kier molecular flexibility index (Phi) is 6.11. The second kappa shape index (κ2) is 9.12. The Hall–Kier alpha value is -3.48. The van der Waals surface area contributed by atoms with Crippen molar-refractivity contribution in [1.82, 2.24) is 10.9 Å². The average Bonchev–Trinajstić information content (AvgIpc) is 3.38. The molecule has 2 N–H and O–H groups in total. The number of carbonyl (C=O) groups is 2. The Morgan fingerprint density at radius 1 is 1.06 bits per heavy atom. The first-order chi connectivity index (χ1) is 15.0. The predicted octanol–water partition coefficient (Wildman–Crippen LogP) is 3.48. The van der Waals surface area contributed by atoms with Gasteiger partial charge in [-0.1, -0.05) is 0 Å². The molecule has 7 heteroatoms. The molecule has 2 amide bonds. The molecule has 3 aromatic rings. The van der Waals surface area contributed by atoms with Crippen molar-refractivity contribution in [1.29, 1.82) is 0 Å². The van der Waals surface area contributed by atoms with E-state index in [2.05, 4.69) is 23.0 Å². The molecule has 0 saturated carbocycles. The van der Waals surface area contributed by atoms with Crippen LogP contribution in [-0.2, 0) is 28.9 Å². The zero-order valence-electron chi connectivity index (χ0n) is 17.7. The van der Waals surface area contributed by atoms with Gasteiger partial charge in [0.2, 0.25) is 5.91 Å². The van der Waals surface area contributed by atoms with Gasteiger partial charge in [0.1, 0.15) is 17.1 Å². The first-order valence-corrected chi connectivity index (χ1v) is 10.5. The highest BCUT2D eigenvalue weighted by molar-refractivity contribution is 5.90. The third kappa shape index (κ3) is 4.82. The number of ether oxygens (including phenoxy) is 2. The van der Waals surface area contributed by atoms with Crippen molar-refractivity contribution in [2.45, 2.75) is 45.6 Å². The Bertz CT molecular complexity index is 1090. The quantitative estimate of drug-likeness (QED) is 0.569. The van der Waals surface area contributed by atoms with Crippen LogP contribution in [0.1, 0.15) is 37.0 Å². The minimum atomic E-state index is -0.782. The summed E-state index contributed by atoms with van der Waals surface area (Å²) in [5, 5.41) is 0.953. The maximum Gasteiger partial charge on any atom is 0.279 e. The molecule has 4 rings (SSSR count). The van der Waals surface area contributed by atoms with E-state index in [-0.39, 0.29) is 12.3 Å². The van der Waals surface area contributed by atoms with Crippen molar-refractivity contribution < 1.29 is 23.5 Å². The predicted molar refractivity (Wildman–Crippen MR) is 116 cm³/mol. The van der Waals surface area contributed by atoms with E-state index in [9.17, 15) is 9.59 Å². The second-order valence-electron chi connectivity index (χ2n) is 7.61. The summed E-state index contributed by atoms with van der Waals surface area (Å²) in [5.41, 5.74) is 9.11. The molecular formula is C24H26N2O5. The summed E-state index contributed by atoms with van der Waals surface area (Å²) in [6, 6.07) is 11.2. The van der Waals surface area contributed by atoms with E-state index in [1.807, 2.05) is 6.92 Å². The number of furan rings is 1. The van der Waals surface area contributed by atoms with Crippen LogP contribution in [0.15, 0.2) is 47.1 Å². The molecular weight excluding hydrogens is 396 g/mol. The van der Waals surface area contributed by atoms with Gasteiger partial charge < -0.3 is 13.9 Å². The van der Waals surface area contributed by atoms with Crippen molar-refractivity contribution in [3.05, 3.63) is 59.4 Å². The molecule has 0 spiro atoms. The van der Waals surface area contributed by atoms with Crippen molar-refractivity contribution in [3.63, 3.8) is 0 Å². The van der Waals surface area contributed by atoms with Gasteiger partial charge >= 0.3 is 0 Å². The molecule has 0 radical (unpaired) electrons. The van der Waals surface area contributed by atoms with Gasteiger partial charge in [0.15, 0.2) is 6.10 Å². The van der Waals surface area contributed by atoms with Gasteiger partial charge in [-0.2, -0.15) is 0 Å². The second-order valence-corrected chi connectivity index (χ2v) is 7.61. The number of hydrogen-bond donors (Lipinski definition) is 2. The van der Waals surface area contributed by atoms with E-state index in [1.54, 1.807) is 37.5 Å². The van der Waals surface area contributed by atoms with Crippen LogP contribution >= 0.6 is 0 Å². The molecule has 31 heavy (non-hydrogen) atoms. The number of nitrogens with one attached hydrogen (secondary N) is 2. The molecule has 1 heterocycles. The van der Waals surface area contributed by atoms with Gasteiger partial charge in [-0.05, 0) is 80.6 Å². The third-order valence-corrected chi connectivity index (χ3v) is 5.36. The number of aryl methyl sites for hydroxylation is 2. The molecule has 0 bridgehead atoms. The zero-order chi connectivity index (χ0) is 21.8. The molecule has 0 aliphatic heterocycles. The van der Waals surface area contributed by atoms with E-state index >= 15 is 0 Å². The Morgan fingerprint density at radius 2 is 1.77 bits per heavy atom. The Balaban J connectivity index is 1.29. The molecule has 1 aliphatic rings. The molecule has 7 nitrogen and oxygen atoms in total. The lowest BCUT2D eigenvalue weighted by Crippen LogP contribution is -2.47. The fourth-order valence-corrected chi connectivity index (χ4v) is 3.77. The fourth-order valence-electron chi connectivity index (χ4n) is 3.77. The highest BCUT2D eigenvalue weighted by Gasteiger charge is 2.18. The van der Waals surface area contributed by atoms with Crippen molar-refractivity contribution in [2.75, 3.05) is 6.61 Å². The largest absolute Gasteiger partial charge is 0.494 e. The van der Waals surface area contributed by atoms with E-state index < -0.39 is 12.0 Å². The number of carbonyl (C=O) groups excluding carboxylic acids is 2. The molecule has 1 unspecified atom stereocenters. The minimum absolute atomic E-state index is 0.111. The fraction of sp³-hybridized carbons (Fsp3) is 0.333. The van der Waals surface area contributed by atoms with Crippen LogP contribution in [0.4, 0.5) is 0 Å². The lowest BCUT2D eigenvalue weighted by atomic mass is 10.0. The highest BCUT2D eigenvalue weighted by Crippen LogP contribution is 2.30. The lowest BCUT2D eigenvalue weighted by molar-refractivity contribution is -0.132. The van der Waals surface area contributed by atoms with E-state index in [0.29, 0.717) is 12.4 Å². The number of hydrazine groups is 1. The molecule has 162 valence electrons. The number of fused-ring (bicyclic) bond motifs is 2. The number of benzene rings is 2. The molecule has 0 saturated heterocycles. The molecule has 1 aromatic heterocycles. The summed E-state index contributed by atoms with van der Waals surface area (Å²) >= 11 is 0. The van der Waals surface area contributed by atoms with Crippen molar-refractivity contribution in [3.8, 4) is 11.5 Å². The summed E-state index contributed by atoms with van der Waals surface area (Å²) in [6.07, 6.45) is 4.23. The summed E-state index contributed by atoms with van der Waals surface area (Å²) in [4.78, 5) is 24.6. The normalized spacial score (nSPS) is 13.5. The number of amides is 2. The summed E-state index contributed by atoms with van der Waals surface area (Å²) in [6.45, 7) is 4.10. The topological polar surface area (TPSA) is 89.8 Å². The maximum absolute atomic E-state index is 12.4. The van der Waals surface area contributed by atoms with Gasteiger partial charge in [0.05, 0.1) is 19.3 Å². The number of hydrogen-bond acceptors (Lipinski definition) is 5. The first kappa shape index (κ1) is 20.8. The van der Waals surface area contributed by atoms with E-state index in [4.69, 9.17) is 13.9 Å². The number of rotatable bonds is 7. The van der Waals surface area contributed by atoms with Crippen LogP contribution in [-0.4, -0.2) is 24.5 Å². The van der Waals surface area contributed by atoms with Crippen molar-refractivity contribution >= 4 is 22.8 Å². The minimum Gasteiger partial charge on any atom is -0.494 e. The van der Waals surface area contributed by atoms with Crippen LogP contribution < -0.4 is 20.3 Å². The molecule has 0 fully saturated rings. The standard InChI is InChI=1S/C24H26N2O5/c1-3-29-19-7-9-20(10-8-19)31-15(2)24(28)26-25-23(27)13-18-14-30-22-12-17-6-4-5-16(17)11-21(18)22/h7-12,14-15H,3-6,13H2,1-2H3,(H,25,27)(H,26,28). The van der Waals surface area contributed by atoms with Crippen LogP contribution in [0.25, 0.3) is 11.0 Å². The zero-order valence-corrected chi connectivity index (χ0v) is 17.7. The summed E-state index contributed by atoms with van der Waals surface area (Å²) in [7, 11) is 0. The average molecular weight is 422 g/mol. The van der Waals surface area contributed by atoms with Gasteiger partial charge in [-0.15, -0.1) is 0 Å². The smallest absolute Gasteiger partial charge is 0.279 e. The van der Waals surface area contributed by atoms with Crippen LogP contribution in [0, 0.1) is 0 Å². The van der Waals surface area contributed by atoms with Gasteiger partial charge in [-0.3, -0.25) is 20.4 Å². The van der Waals surface area contributed by atoms with Gasteiger partial charge in [0, 0.05) is 10.9 Å². The molecule has 2 aromatic carbocycles. The van der Waals surface area contributed by atoms with E-state index in [1.165, 1.54) is 11.1 Å².